The van der Waals surface area contributed by atoms with E-state index in [4.69, 9.17) is 33.4 Å². The molecule has 24 atom stereocenters. The van der Waals surface area contributed by atoms with Crippen LogP contribution in [0, 0.1) is 87.3 Å². The van der Waals surface area contributed by atoms with E-state index in [0.717, 1.165) is 93.8 Å². The van der Waals surface area contributed by atoms with E-state index in [-0.39, 0.29) is 152 Å². The summed E-state index contributed by atoms with van der Waals surface area (Å²) in [6.07, 6.45) is -4.58. The Morgan fingerprint density at radius 1 is 0.384 bits per heavy atom. The minimum Gasteiger partial charge on any atom is -0.540 e. The van der Waals surface area contributed by atoms with Gasteiger partial charge in [-0.25, -0.2) is 63.1 Å². The number of carbonyl (C=O) groups is 6. The molecule has 0 spiro atoms. The van der Waals surface area contributed by atoms with Crippen LogP contribution in [0.1, 0.15) is 222 Å². The third-order valence-corrected chi connectivity index (χ3v) is 30.5. The smallest absolute Gasteiger partial charge is 0.540 e. The summed E-state index contributed by atoms with van der Waals surface area (Å²) >= 11 is 0. The van der Waals surface area contributed by atoms with Gasteiger partial charge in [0.05, 0.1) is 52.7 Å². The van der Waals surface area contributed by atoms with Crippen molar-refractivity contribution in [3.63, 3.8) is 0 Å². The van der Waals surface area contributed by atoms with Crippen molar-refractivity contribution in [3.05, 3.63) is 71.7 Å². The number of carbonyl (C=O) groups excluding carboxylic acids is 9. The topological polar surface area (TPSA) is 360 Å². The van der Waals surface area contributed by atoms with Gasteiger partial charge in [0.25, 0.3) is 11.8 Å². The van der Waals surface area contributed by atoms with Crippen LogP contribution >= 0.6 is 0 Å². The van der Waals surface area contributed by atoms with E-state index in [0.29, 0.717) is 91.7 Å². The van der Waals surface area contributed by atoms with Crippen LogP contribution in [0.5, 0.6) is 34.9 Å². The second-order valence-corrected chi connectivity index (χ2v) is 43.6. The van der Waals surface area contributed by atoms with Gasteiger partial charge in [-0.3, -0.25) is 14.4 Å². The van der Waals surface area contributed by atoms with Gasteiger partial charge in [-0.05, 0) is 207 Å². The summed E-state index contributed by atoms with van der Waals surface area (Å²) in [4.78, 5) is 149. The molecule has 30 nitrogen and oxygen atoms in total. The zero-order valence-corrected chi connectivity index (χ0v) is 86.6. The molecule has 3 saturated heterocycles. The summed E-state index contributed by atoms with van der Waals surface area (Å²) < 4.78 is 229. The Bertz CT molecular complexity index is 5790. The minimum atomic E-state index is -5.00. The van der Waals surface area contributed by atoms with Gasteiger partial charge in [0.2, 0.25) is 35.4 Å². The monoisotopic (exact) mass is 2170 g/mol. The zero-order valence-electron chi connectivity index (χ0n) is 82.4. The van der Waals surface area contributed by atoms with Crippen molar-refractivity contribution in [2.75, 3.05) is 19.6 Å². The molecule has 46 heteroatoms. The van der Waals surface area contributed by atoms with Gasteiger partial charge in [-0.1, -0.05) is 133 Å². The van der Waals surface area contributed by atoms with Crippen molar-refractivity contribution in [1.29, 1.82) is 0 Å². The van der Waals surface area contributed by atoms with Crippen LogP contribution in [-0.2, 0) is 117 Å². The Morgan fingerprint density at radius 3 is 1.03 bits per heavy atom. The molecule has 6 aliphatic heterocycles. The van der Waals surface area contributed by atoms with Crippen LogP contribution in [0.3, 0.4) is 0 Å². The van der Waals surface area contributed by atoms with Crippen LogP contribution in [0.2, 0.25) is 0 Å². The van der Waals surface area contributed by atoms with Gasteiger partial charge < -0.3 is 87.7 Å². The maximum Gasteiger partial charge on any atom is 0.573 e. The molecule has 12 aliphatic rings. The molecule has 3 aromatic carbocycles. The van der Waals surface area contributed by atoms with E-state index in [1.54, 1.807) is 62.3 Å². The number of rotatable bonds is 7. The molecule has 3 radical (unpaired) electrons. The molecule has 6 bridgehead atoms. The number of alkyl carbamates (subject to hydrolysis) is 3. The van der Waals surface area contributed by atoms with Crippen LogP contribution in [0.25, 0.3) is 33.1 Å². The second-order valence-electron chi connectivity index (χ2n) is 43.6. The molecule has 6 aliphatic carbocycles. The number of aryl methyl sites for hydroxylation is 1. The number of alkyl halides is 13. The second kappa shape index (κ2) is 44.2. The van der Waals surface area contributed by atoms with Crippen molar-refractivity contribution < 1.29 is 199 Å². The first kappa shape index (κ1) is 114. The van der Waals surface area contributed by atoms with Crippen molar-refractivity contribution in [2.45, 2.75) is 315 Å². The predicted octanol–water partition coefficient (Wildman–Crippen LogP) is 18.0. The van der Waals surface area contributed by atoms with E-state index in [2.05, 4.69) is 55.1 Å². The SMILES string of the molecule is CC[C@@H]1[C@@H]2CN(C(=O)[C@H](C(C)(C)C)NC(=O)O[C@@H]3CC4CC4[C@H]3CCCCC(F)(F)c3nc4ccc(OC(F)(F)F)cc4nc3O2)[C@@H]1[C-]=O.C[C@@H]1[C@@H]2CN(C(=O)[C@H](C(C)(C)C)NC(=O)O[C@@H]3CC4CC4[C@H]3CCCCC(F)(F)c3nc4ccc(OC(F)(F)F)cc4nc3O2)[C@@H]1[C-]=O.C[C@@H]1[C@@H]2CN(C(=O)[C@H](C(C)(C)C)NC(=O)O[C@@H]3CC4CC4[C@H]3CCCCCc3nc4ccc(OC(F)(F)F)cc4nc3O2)[C@@H]1[C-]=O.[V].[V].[V]. The maximum atomic E-state index is 16.1. The van der Waals surface area contributed by atoms with Crippen LogP contribution in [0.15, 0.2) is 54.6 Å². The fourth-order valence-corrected chi connectivity index (χ4v) is 22.8. The van der Waals surface area contributed by atoms with Crippen LogP contribution in [0.4, 0.5) is 71.5 Å². The number of halogens is 13. The summed E-state index contributed by atoms with van der Waals surface area (Å²) in [5.41, 5.74) is -3.41. The van der Waals surface area contributed by atoms with Gasteiger partial charge in [0, 0.05) is 86.7 Å². The molecule has 6 amide bonds. The molecule has 6 unspecified atom stereocenters. The van der Waals surface area contributed by atoms with E-state index < -0.39 is 221 Å². The Kier molecular flexibility index (Phi) is 34.4. The molecule has 3 aromatic heterocycles. The van der Waals surface area contributed by atoms with E-state index in [9.17, 15) is 82.7 Å². The van der Waals surface area contributed by atoms with Gasteiger partial charge in [-0.15, -0.1) is 39.5 Å². The first-order valence-electron chi connectivity index (χ1n) is 49.1. The summed E-state index contributed by atoms with van der Waals surface area (Å²) in [6, 6.07) is 3.26. The number of nitrogens with zero attached hydrogens (tertiary/aromatic N) is 9. The van der Waals surface area contributed by atoms with Gasteiger partial charge >= 0.3 is 37.4 Å². The fraction of sp³-hybridized carbons (Fsp3) is 0.670. The van der Waals surface area contributed by atoms with Crippen LogP contribution < -0.4 is 44.4 Å². The first-order valence-corrected chi connectivity index (χ1v) is 49.1. The maximum absolute atomic E-state index is 16.1. The summed E-state index contributed by atoms with van der Waals surface area (Å²) in [7, 11) is 0. The molecule has 146 heavy (non-hydrogen) atoms. The molecule has 795 valence electrons. The Labute approximate surface area is 870 Å². The Balaban J connectivity index is 0.000000181. The number of ether oxygens (including phenoxy) is 9. The Morgan fingerprint density at radius 2 is 0.699 bits per heavy atom. The first-order chi connectivity index (χ1) is 67.1. The van der Waals surface area contributed by atoms with Gasteiger partial charge in [-0.2, -0.15) is 17.6 Å². The van der Waals surface area contributed by atoms with E-state index >= 15 is 17.6 Å². The molecule has 6 aromatic rings. The minimum absolute atomic E-state index is 0. The van der Waals surface area contributed by atoms with E-state index in [1.807, 2.05) is 39.6 Å². The van der Waals surface area contributed by atoms with Gasteiger partial charge in [0.1, 0.15) is 77.7 Å². The molecule has 9 fully saturated rings. The molecule has 18 rings (SSSR count). The molecule has 3 N–H and O–H groups in total. The standard InChI is InChI=1S/C34H40F5N4O6.C33H38F5N4O6.C33H40F3N4O6.3V/c1-5-19-24(16-44)43-15-26(19)47-29-27(40-22-10-9-18(14-23(22)41-29)49-34(37,38)39)33(35,36)11-7-6-8-20-21-12-17(21)13-25(20)48-31(46)42-28(30(43)45)32(2,3)4;1-16-23(15-43)42-14-25(16)46-28-26(39-21-9-8-18(13-22(21)40-28)48-33(36,37)38)32(34,35)10-6-5-7-19-20-11-17(20)12-24(19)47-30(45)41-27(29(42)44)31(2,3)4;1-17-25(16-41)40-15-27(17)44-29-23(37-22-11-10-19(14-24(22)38-29)46-33(34,35)36)9-7-5-6-8-20-21-12-18(21)13-26(20)45-31(43)39-28(30(40)42)32(2,3)4;;;/h9-10,14,17,19-21,24-26,28H,5-8,11-13,15H2,1-4H3,(H,42,46);8-9,13,16-17,19-20,23-25,27H,5-7,10-12,14H2,1-4H3,(H,41,45);10-11,14,17-18,20-21,25-28H,5-9,12-13,15H2,1-4H3,(H,39,43);;;/q3*-1;;;/t17?,19-,20+,21?,24+,25+,26-,28+;16-,17?,19+,20?,23+,24+,25-,27+;17-,18?,20+,21?,25+,26+,27-,28+;;;/m000.../s1. The Hall–Kier alpha value is -9.45. The average Bonchev–Trinajstić information content (AvgIpc) is 1.58. The summed E-state index contributed by atoms with van der Waals surface area (Å²) in [5, 5.41) is 8.29. The number of fused-ring (bicyclic) bond motifs is 21. The average molecular weight is 2180 g/mol. The number of benzene rings is 3. The molecule has 6 saturated carbocycles. The summed E-state index contributed by atoms with van der Waals surface area (Å²) in [5.74, 6) is -10.7. The predicted molar refractivity (Wildman–Crippen MR) is 484 cm³/mol. The summed E-state index contributed by atoms with van der Waals surface area (Å²) in [6.45, 7) is 20.6. The largest absolute Gasteiger partial charge is 0.573 e. The number of hydrogen-bond donors (Lipinski definition) is 3. The third-order valence-electron chi connectivity index (χ3n) is 30.5. The quantitative estimate of drug-likeness (QED) is 0.0759. The van der Waals surface area contributed by atoms with Crippen LogP contribution in [-0.4, -0.2) is 211 Å². The zero-order chi connectivity index (χ0) is 103. The van der Waals surface area contributed by atoms with E-state index in [1.165, 1.54) is 26.8 Å². The number of hydrogen-bond acceptors (Lipinski definition) is 24. The number of nitrogens with one attached hydrogen (secondary N) is 3. The fourth-order valence-electron chi connectivity index (χ4n) is 22.8. The molecule has 9 heterocycles. The molecular weight excluding hydrogens is 2060 g/mol. The number of amides is 6. The normalized spacial score (nSPS) is 31.6. The number of aromatic nitrogens is 6. The van der Waals surface area contributed by atoms with Crippen molar-refractivity contribution in [3.8, 4) is 34.9 Å². The van der Waals surface area contributed by atoms with Crippen molar-refractivity contribution in [2.24, 2.45) is 87.3 Å². The van der Waals surface area contributed by atoms with Crippen molar-refractivity contribution >= 4 is 88.0 Å². The van der Waals surface area contributed by atoms with Gasteiger partial charge in [0.15, 0.2) is 11.4 Å². The van der Waals surface area contributed by atoms with Crippen molar-refractivity contribution in [1.82, 2.24) is 60.6 Å². The molecular formula is C100H118F13N12O18V3-3. The third kappa shape index (κ3) is 25.9.